The topological polar surface area (TPSA) is 21.3 Å². The van der Waals surface area contributed by atoms with E-state index in [1.165, 1.54) is 18.9 Å². The van der Waals surface area contributed by atoms with Gasteiger partial charge in [0.15, 0.2) is 11.6 Å². The standard InChI is InChI=1S/C14H18FNO.ClH/c15-12-3-1-2-4-13(12)17-11-9-14(10-11)5-7-16-8-6-14;/h1-4,11,16H,5-10H2;1H. The van der Waals surface area contributed by atoms with Crippen LogP contribution in [-0.4, -0.2) is 19.2 Å². The number of rotatable bonds is 2. The van der Waals surface area contributed by atoms with Crippen molar-refractivity contribution in [1.82, 2.24) is 5.32 Å². The van der Waals surface area contributed by atoms with Gasteiger partial charge in [-0.15, -0.1) is 12.4 Å². The average Bonchev–Trinajstić information content (AvgIpc) is 2.31. The normalized spacial score (nSPS) is 22.1. The monoisotopic (exact) mass is 271 g/mol. The van der Waals surface area contributed by atoms with Gasteiger partial charge in [-0.2, -0.15) is 0 Å². The summed E-state index contributed by atoms with van der Waals surface area (Å²) in [6.45, 7) is 2.23. The highest BCUT2D eigenvalue weighted by molar-refractivity contribution is 5.85. The molecule has 1 heterocycles. The number of nitrogens with one attached hydrogen (secondary N) is 1. The lowest BCUT2D eigenvalue weighted by molar-refractivity contribution is -0.0363. The van der Waals surface area contributed by atoms with Crippen molar-refractivity contribution in [2.24, 2.45) is 5.41 Å². The molecule has 3 rings (SSSR count). The zero-order chi connectivity index (χ0) is 11.7. The molecule has 1 aliphatic heterocycles. The highest BCUT2D eigenvalue weighted by Gasteiger charge is 2.45. The van der Waals surface area contributed by atoms with Crippen LogP contribution in [0.5, 0.6) is 5.75 Å². The van der Waals surface area contributed by atoms with Gasteiger partial charge in [0.05, 0.1) is 6.10 Å². The summed E-state index contributed by atoms with van der Waals surface area (Å²) in [5.74, 6) is 0.153. The van der Waals surface area contributed by atoms with Crippen LogP contribution in [0.3, 0.4) is 0 Å². The van der Waals surface area contributed by atoms with E-state index in [4.69, 9.17) is 4.74 Å². The fraction of sp³-hybridized carbons (Fsp3) is 0.571. The van der Waals surface area contributed by atoms with Crippen molar-refractivity contribution in [3.05, 3.63) is 30.1 Å². The Kier molecular flexibility index (Phi) is 4.13. The largest absolute Gasteiger partial charge is 0.487 e. The predicted octanol–water partition coefficient (Wildman–Crippen LogP) is 3.16. The minimum Gasteiger partial charge on any atom is -0.487 e. The first-order valence-electron chi connectivity index (χ1n) is 6.39. The fourth-order valence-corrected chi connectivity index (χ4v) is 3.07. The number of hydrogen-bond donors (Lipinski definition) is 1. The Morgan fingerprint density at radius 3 is 2.50 bits per heavy atom. The van der Waals surface area contributed by atoms with Gasteiger partial charge in [0.1, 0.15) is 0 Å². The van der Waals surface area contributed by atoms with Crippen LogP contribution in [0.25, 0.3) is 0 Å². The van der Waals surface area contributed by atoms with Crippen molar-refractivity contribution < 1.29 is 9.13 Å². The van der Waals surface area contributed by atoms with Crippen molar-refractivity contribution in [1.29, 1.82) is 0 Å². The molecule has 1 N–H and O–H groups in total. The van der Waals surface area contributed by atoms with Crippen LogP contribution in [0.15, 0.2) is 24.3 Å². The van der Waals surface area contributed by atoms with Gasteiger partial charge in [0, 0.05) is 0 Å². The summed E-state index contributed by atoms with van der Waals surface area (Å²) in [6.07, 6.45) is 4.87. The van der Waals surface area contributed by atoms with Gasteiger partial charge < -0.3 is 10.1 Å². The van der Waals surface area contributed by atoms with Crippen LogP contribution in [0.4, 0.5) is 4.39 Å². The lowest BCUT2D eigenvalue weighted by atomic mass is 9.62. The Morgan fingerprint density at radius 2 is 1.83 bits per heavy atom. The predicted molar refractivity (Wildman–Crippen MR) is 71.8 cm³/mol. The van der Waals surface area contributed by atoms with E-state index in [1.54, 1.807) is 12.1 Å². The Labute approximate surface area is 113 Å². The number of hydrogen-bond acceptors (Lipinski definition) is 2. The smallest absolute Gasteiger partial charge is 0.165 e. The van der Waals surface area contributed by atoms with Crippen LogP contribution >= 0.6 is 12.4 Å². The molecule has 100 valence electrons. The number of halogens is 2. The second-order valence-electron chi connectivity index (χ2n) is 5.33. The first kappa shape index (κ1) is 13.6. The van der Waals surface area contributed by atoms with Crippen molar-refractivity contribution in [2.75, 3.05) is 13.1 Å². The highest BCUT2D eigenvalue weighted by Crippen LogP contribution is 2.49. The maximum Gasteiger partial charge on any atom is 0.165 e. The molecule has 2 aliphatic rings. The Hall–Kier alpha value is -0.800. The van der Waals surface area contributed by atoms with Crippen LogP contribution in [0, 0.1) is 11.2 Å². The van der Waals surface area contributed by atoms with Gasteiger partial charge in [0.25, 0.3) is 0 Å². The van der Waals surface area contributed by atoms with Crippen molar-refractivity contribution in [2.45, 2.75) is 31.8 Å². The minimum atomic E-state index is -0.251. The Bertz CT molecular complexity index is 399. The third-order valence-electron chi connectivity index (χ3n) is 4.12. The molecular formula is C14H19ClFNO. The van der Waals surface area contributed by atoms with E-state index >= 15 is 0 Å². The van der Waals surface area contributed by atoms with Crippen LogP contribution in [0.1, 0.15) is 25.7 Å². The lowest BCUT2D eigenvalue weighted by Crippen LogP contribution is -2.49. The van der Waals surface area contributed by atoms with Gasteiger partial charge in [-0.25, -0.2) is 4.39 Å². The summed E-state index contributed by atoms with van der Waals surface area (Å²) in [6, 6.07) is 6.67. The van der Waals surface area contributed by atoms with E-state index in [-0.39, 0.29) is 24.3 Å². The van der Waals surface area contributed by atoms with E-state index in [0.29, 0.717) is 11.2 Å². The first-order chi connectivity index (χ1) is 8.27. The zero-order valence-corrected chi connectivity index (χ0v) is 11.1. The summed E-state index contributed by atoms with van der Waals surface area (Å²) in [7, 11) is 0. The van der Waals surface area contributed by atoms with Crippen molar-refractivity contribution in [3.8, 4) is 5.75 Å². The average molecular weight is 272 g/mol. The lowest BCUT2D eigenvalue weighted by Gasteiger charge is -2.49. The van der Waals surface area contributed by atoms with Gasteiger partial charge in [-0.05, 0) is 56.3 Å². The summed E-state index contributed by atoms with van der Waals surface area (Å²) < 4.78 is 19.1. The van der Waals surface area contributed by atoms with E-state index in [2.05, 4.69) is 5.32 Å². The van der Waals surface area contributed by atoms with E-state index in [9.17, 15) is 4.39 Å². The quantitative estimate of drug-likeness (QED) is 0.892. The maximum atomic E-state index is 13.4. The zero-order valence-electron chi connectivity index (χ0n) is 10.3. The molecule has 1 spiro atoms. The van der Waals surface area contributed by atoms with Crippen molar-refractivity contribution >= 4 is 12.4 Å². The Balaban J connectivity index is 0.00000120. The molecule has 0 radical (unpaired) electrons. The molecule has 1 saturated carbocycles. The van der Waals surface area contributed by atoms with Crippen LogP contribution < -0.4 is 10.1 Å². The minimum absolute atomic E-state index is 0. The number of piperidine rings is 1. The molecule has 0 aromatic heterocycles. The summed E-state index contributed by atoms with van der Waals surface area (Å²) in [5, 5.41) is 3.38. The fourth-order valence-electron chi connectivity index (χ4n) is 3.07. The summed E-state index contributed by atoms with van der Waals surface area (Å²) in [5.41, 5.74) is 0.487. The highest BCUT2D eigenvalue weighted by atomic mass is 35.5. The molecule has 0 amide bonds. The molecule has 1 saturated heterocycles. The van der Waals surface area contributed by atoms with E-state index in [1.807, 2.05) is 6.07 Å². The van der Waals surface area contributed by atoms with Crippen LogP contribution in [-0.2, 0) is 0 Å². The number of benzene rings is 1. The van der Waals surface area contributed by atoms with Gasteiger partial charge >= 0.3 is 0 Å². The molecule has 0 atom stereocenters. The molecule has 4 heteroatoms. The van der Waals surface area contributed by atoms with Gasteiger partial charge in [-0.1, -0.05) is 12.1 Å². The molecule has 2 fully saturated rings. The Morgan fingerprint density at radius 1 is 1.17 bits per heavy atom. The number of ether oxygens (including phenoxy) is 1. The molecule has 1 aromatic carbocycles. The summed E-state index contributed by atoms with van der Waals surface area (Å²) in [4.78, 5) is 0. The number of para-hydroxylation sites is 1. The molecular weight excluding hydrogens is 253 g/mol. The molecule has 0 unspecified atom stereocenters. The second-order valence-corrected chi connectivity index (χ2v) is 5.33. The third-order valence-corrected chi connectivity index (χ3v) is 4.12. The second kappa shape index (κ2) is 5.45. The third kappa shape index (κ3) is 2.62. The van der Waals surface area contributed by atoms with Crippen LogP contribution in [0.2, 0.25) is 0 Å². The molecule has 0 bridgehead atoms. The molecule has 1 aliphatic carbocycles. The molecule has 1 aromatic rings. The van der Waals surface area contributed by atoms with Gasteiger partial charge in [-0.3, -0.25) is 0 Å². The SMILES string of the molecule is Cl.Fc1ccccc1OC1CC2(CCNCC2)C1. The maximum absolute atomic E-state index is 13.4. The molecule has 18 heavy (non-hydrogen) atoms. The van der Waals surface area contributed by atoms with E-state index < -0.39 is 0 Å². The van der Waals surface area contributed by atoms with Crippen molar-refractivity contribution in [3.63, 3.8) is 0 Å². The van der Waals surface area contributed by atoms with Gasteiger partial charge in [0.2, 0.25) is 0 Å². The first-order valence-corrected chi connectivity index (χ1v) is 6.39. The molecule has 2 nitrogen and oxygen atoms in total. The van der Waals surface area contributed by atoms with E-state index in [0.717, 1.165) is 25.9 Å². The summed E-state index contributed by atoms with van der Waals surface area (Å²) >= 11 is 0.